The summed E-state index contributed by atoms with van der Waals surface area (Å²) in [5.41, 5.74) is 1.49. The monoisotopic (exact) mass is 629 g/mol. The molecule has 3 aromatic rings. The van der Waals surface area contributed by atoms with Crippen molar-refractivity contribution in [1.82, 2.24) is 15.0 Å². The van der Waals surface area contributed by atoms with E-state index in [-0.39, 0.29) is 66.0 Å². The van der Waals surface area contributed by atoms with E-state index in [1.54, 1.807) is 68.4 Å². The molecule has 1 aromatic heterocycles. The number of anilines is 2. The number of ether oxygens (including phenoxy) is 2. The molecule has 14 heteroatoms. The summed E-state index contributed by atoms with van der Waals surface area (Å²) in [6.45, 7) is 6.93. The van der Waals surface area contributed by atoms with Crippen molar-refractivity contribution in [2.45, 2.75) is 51.2 Å². The van der Waals surface area contributed by atoms with E-state index in [1.807, 2.05) is 6.92 Å². The topological polar surface area (TPSA) is 164 Å². The summed E-state index contributed by atoms with van der Waals surface area (Å²) in [6, 6.07) is 10.8. The zero-order valence-electron chi connectivity index (χ0n) is 25.7. The van der Waals surface area contributed by atoms with Gasteiger partial charge in [0.25, 0.3) is 10.0 Å². The standard InChI is InChI=1S/C30H39N5O8S/c1-18-15-35(19(2)17-36)28(37)14-22-13-24(33-44(39,40)29-20(3)32-43-21(29)4)9-12-26(22)42-27(18)16-34(5)30(38)31-23-7-10-25(41-6)11-8-23/h7-13,18-19,27,33,36H,14-17H2,1-6H3,(H,31,38)/t18-,19+,27-/m0/s1. The fourth-order valence-corrected chi connectivity index (χ4v) is 6.40. The van der Waals surface area contributed by atoms with Crippen molar-refractivity contribution in [3.05, 3.63) is 59.5 Å². The van der Waals surface area contributed by atoms with Gasteiger partial charge in [-0.15, -0.1) is 0 Å². The summed E-state index contributed by atoms with van der Waals surface area (Å²) in [7, 11) is -0.821. The second-order valence-electron chi connectivity index (χ2n) is 11.0. The van der Waals surface area contributed by atoms with Crippen molar-refractivity contribution in [1.29, 1.82) is 0 Å². The van der Waals surface area contributed by atoms with Crippen molar-refractivity contribution < 1.29 is 37.1 Å². The molecule has 0 fully saturated rings. The molecule has 1 aliphatic heterocycles. The van der Waals surface area contributed by atoms with Gasteiger partial charge in [0, 0.05) is 36.4 Å². The van der Waals surface area contributed by atoms with Gasteiger partial charge >= 0.3 is 6.03 Å². The maximum Gasteiger partial charge on any atom is 0.321 e. The van der Waals surface area contributed by atoms with E-state index >= 15 is 0 Å². The lowest BCUT2D eigenvalue weighted by atomic mass is 10.0. The van der Waals surface area contributed by atoms with Gasteiger partial charge in [0.2, 0.25) is 5.91 Å². The Bertz CT molecular complexity index is 1570. The number of aromatic nitrogens is 1. The van der Waals surface area contributed by atoms with Gasteiger partial charge in [-0.05, 0) is 63.2 Å². The third kappa shape index (κ3) is 7.42. The lowest BCUT2D eigenvalue weighted by Gasteiger charge is -2.34. The second kappa shape index (κ2) is 13.6. The molecule has 4 rings (SSSR count). The van der Waals surface area contributed by atoms with Gasteiger partial charge in [-0.25, -0.2) is 13.2 Å². The lowest BCUT2D eigenvalue weighted by Crippen LogP contribution is -2.48. The van der Waals surface area contributed by atoms with Crippen LogP contribution in [0.3, 0.4) is 0 Å². The van der Waals surface area contributed by atoms with E-state index in [2.05, 4.69) is 15.2 Å². The highest BCUT2D eigenvalue weighted by Gasteiger charge is 2.32. The Morgan fingerprint density at radius 1 is 1.20 bits per heavy atom. The summed E-state index contributed by atoms with van der Waals surface area (Å²) in [6.07, 6.45) is -0.641. The van der Waals surface area contributed by atoms with Crippen LogP contribution in [0.2, 0.25) is 0 Å². The number of aryl methyl sites for hydroxylation is 2. The number of fused-ring (bicyclic) bond motifs is 1. The maximum atomic E-state index is 13.5. The predicted molar refractivity (Wildman–Crippen MR) is 163 cm³/mol. The fourth-order valence-electron chi connectivity index (χ4n) is 5.02. The van der Waals surface area contributed by atoms with Crippen LogP contribution >= 0.6 is 0 Å². The fraction of sp³-hybridized carbons (Fsp3) is 0.433. The van der Waals surface area contributed by atoms with Crippen LogP contribution in [-0.2, 0) is 21.2 Å². The summed E-state index contributed by atoms with van der Waals surface area (Å²) in [5, 5.41) is 16.5. The molecule has 0 bridgehead atoms. The average molecular weight is 630 g/mol. The van der Waals surface area contributed by atoms with E-state index in [0.29, 0.717) is 22.7 Å². The van der Waals surface area contributed by atoms with Crippen molar-refractivity contribution in [3.63, 3.8) is 0 Å². The van der Waals surface area contributed by atoms with Crippen molar-refractivity contribution in [3.8, 4) is 11.5 Å². The second-order valence-corrected chi connectivity index (χ2v) is 12.6. The number of hydrogen-bond donors (Lipinski definition) is 3. The van der Waals surface area contributed by atoms with Crippen LogP contribution in [0.4, 0.5) is 16.2 Å². The van der Waals surface area contributed by atoms with Gasteiger partial charge in [-0.3, -0.25) is 9.52 Å². The number of carbonyl (C=O) groups is 2. The molecule has 2 heterocycles. The predicted octanol–water partition coefficient (Wildman–Crippen LogP) is 3.41. The number of hydrogen-bond acceptors (Lipinski definition) is 9. The summed E-state index contributed by atoms with van der Waals surface area (Å²) in [5.74, 6) is 0.714. The molecule has 0 aliphatic carbocycles. The van der Waals surface area contributed by atoms with Crippen molar-refractivity contribution in [2.24, 2.45) is 5.92 Å². The molecule has 3 atom stereocenters. The first kappa shape index (κ1) is 32.6. The van der Waals surface area contributed by atoms with Crippen LogP contribution in [0.5, 0.6) is 11.5 Å². The van der Waals surface area contributed by atoms with Gasteiger partial charge < -0.3 is 34.2 Å². The molecule has 44 heavy (non-hydrogen) atoms. The number of sulfonamides is 1. The summed E-state index contributed by atoms with van der Waals surface area (Å²) < 4.78 is 45.5. The Morgan fingerprint density at radius 3 is 2.50 bits per heavy atom. The molecular formula is C30H39N5O8S. The van der Waals surface area contributed by atoms with E-state index in [4.69, 9.17) is 14.0 Å². The first-order valence-electron chi connectivity index (χ1n) is 14.1. The Kier molecular flexibility index (Phi) is 10.0. The van der Waals surface area contributed by atoms with Gasteiger partial charge in [-0.1, -0.05) is 12.1 Å². The van der Waals surface area contributed by atoms with Crippen molar-refractivity contribution in [2.75, 3.05) is 43.9 Å². The molecular weight excluding hydrogens is 590 g/mol. The lowest BCUT2D eigenvalue weighted by molar-refractivity contribution is -0.134. The van der Waals surface area contributed by atoms with Gasteiger partial charge in [0.05, 0.1) is 32.7 Å². The Hall–Kier alpha value is -4.30. The number of benzene rings is 2. The van der Waals surface area contributed by atoms with E-state index in [1.165, 1.54) is 18.7 Å². The number of rotatable bonds is 9. The highest BCUT2D eigenvalue weighted by atomic mass is 32.2. The number of likely N-dealkylation sites (N-methyl/N-ethyl adjacent to an activating group) is 1. The molecule has 3 N–H and O–H groups in total. The quantitative estimate of drug-likeness (QED) is 0.322. The number of methoxy groups -OCH3 is 1. The number of amides is 3. The van der Waals surface area contributed by atoms with Crippen LogP contribution in [0.1, 0.15) is 30.9 Å². The zero-order chi connectivity index (χ0) is 32.2. The van der Waals surface area contributed by atoms with E-state index in [0.717, 1.165) is 0 Å². The minimum absolute atomic E-state index is 0.0545. The molecule has 0 saturated heterocycles. The summed E-state index contributed by atoms with van der Waals surface area (Å²) >= 11 is 0. The third-order valence-electron chi connectivity index (χ3n) is 7.55. The molecule has 0 unspecified atom stereocenters. The van der Waals surface area contributed by atoms with Crippen LogP contribution in [-0.4, -0.2) is 86.4 Å². The largest absolute Gasteiger partial charge is 0.497 e. The zero-order valence-corrected chi connectivity index (χ0v) is 26.5. The first-order chi connectivity index (χ1) is 20.8. The molecule has 0 radical (unpaired) electrons. The van der Waals surface area contributed by atoms with Gasteiger partial charge in [-0.2, -0.15) is 0 Å². The molecule has 238 valence electrons. The van der Waals surface area contributed by atoms with Crippen LogP contribution in [0.25, 0.3) is 0 Å². The minimum Gasteiger partial charge on any atom is -0.497 e. The smallest absolute Gasteiger partial charge is 0.321 e. The molecule has 13 nitrogen and oxygen atoms in total. The Balaban J connectivity index is 1.61. The SMILES string of the molecule is COc1ccc(NC(=O)N(C)C[C@@H]2Oc3ccc(NS(=O)(=O)c4c(C)noc4C)cc3CC(=O)N([C@H](C)CO)C[C@@H]2C)cc1. The molecule has 0 saturated carbocycles. The number of nitrogens with one attached hydrogen (secondary N) is 2. The first-order valence-corrected chi connectivity index (χ1v) is 15.6. The Labute approximate surface area is 257 Å². The number of urea groups is 1. The highest BCUT2D eigenvalue weighted by Crippen LogP contribution is 2.31. The van der Waals surface area contributed by atoms with E-state index in [9.17, 15) is 23.1 Å². The number of aliphatic hydroxyl groups is 1. The maximum absolute atomic E-state index is 13.5. The number of aliphatic hydroxyl groups excluding tert-OH is 1. The van der Waals surface area contributed by atoms with E-state index < -0.39 is 22.2 Å². The minimum atomic E-state index is -4.03. The molecule has 1 aliphatic rings. The summed E-state index contributed by atoms with van der Waals surface area (Å²) in [4.78, 5) is 29.6. The highest BCUT2D eigenvalue weighted by molar-refractivity contribution is 7.92. The Morgan fingerprint density at radius 2 is 1.89 bits per heavy atom. The van der Waals surface area contributed by atoms with Crippen molar-refractivity contribution >= 4 is 33.3 Å². The molecule has 2 aromatic carbocycles. The van der Waals surface area contributed by atoms with Crippen LogP contribution < -0.4 is 19.5 Å². The van der Waals surface area contributed by atoms with Crippen LogP contribution in [0, 0.1) is 19.8 Å². The number of carbonyl (C=O) groups excluding carboxylic acids is 2. The van der Waals surface area contributed by atoms with Gasteiger partial charge in [0.1, 0.15) is 23.3 Å². The normalized spacial score (nSPS) is 17.8. The van der Waals surface area contributed by atoms with Gasteiger partial charge in [0.15, 0.2) is 10.7 Å². The third-order valence-corrected chi connectivity index (χ3v) is 9.17. The number of nitrogens with zero attached hydrogens (tertiary/aromatic N) is 3. The molecule has 3 amide bonds. The molecule has 0 spiro atoms. The van der Waals surface area contributed by atoms with Crippen LogP contribution in [0.15, 0.2) is 51.9 Å². The average Bonchev–Trinajstić information content (AvgIpc) is 3.35.